The average Bonchev–Trinajstić information content (AvgIpc) is 2.72. The van der Waals surface area contributed by atoms with E-state index in [-0.39, 0.29) is 16.4 Å². The van der Waals surface area contributed by atoms with Crippen LogP contribution in [0, 0.1) is 0 Å². The van der Waals surface area contributed by atoms with Crippen molar-refractivity contribution in [3.8, 4) is 0 Å². The first kappa shape index (κ1) is 13.0. The topological polar surface area (TPSA) is 75.6 Å². The number of aromatic carboxylic acids is 1. The van der Waals surface area contributed by atoms with Crippen LogP contribution in [-0.2, 0) is 9.53 Å². The summed E-state index contributed by atoms with van der Waals surface area (Å²) >= 11 is 1.06. The maximum atomic E-state index is 11.8. The fraction of sp³-hybridized carbons (Fsp3) is 0.500. The van der Waals surface area contributed by atoms with Crippen LogP contribution in [0.3, 0.4) is 0 Å². The fourth-order valence-electron chi connectivity index (χ4n) is 2.02. The highest BCUT2D eigenvalue weighted by Crippen LogP contribution is 2.38. The summed E-state index contributed by atoms with van der Waals surface area (Å²) in [6, 6.07) is 3.09. The lowest BCUT2D eigenvalue weighted by Crippen LogP contribution is -2.42. The Morgan fingerprint density at radius 1 is 1.50 bits per heavy atom. The van der Waals surface area contributed by atoms with Gasteiger partial charge in [-0.2, -0.15) is 0 Å². The monoisotopic (exact) mass is 269 g/mol. The van der Waals surface area contributed by atoms with E-state index in [9.17, 15) is 9.59 Å². The highest BCUT2D eigenvalue weighted by molar-refractivity contribution is 7.18. The molecule has 0 aromatic carbocycles. The molecule has 1 aromatic heterocycles. The minimum atomic E-state index is -0.979. The standard InChI is InChI=1S/C12H15NO4S/c1-17-12(5-2-6-12)7-9(14)13-10-4-3-8(18-10)11(15)16/h3-4H,2,5-7H2,1H3,(H,13,14)(H,15,16). The van der Waals surface area contributed by atoms with E-state index < -0.39 is 5.97 Å². The molecule has 1 fully saturated rings. The summed E-state index contributed by atoms with van der Waals surface area (Å²) in [4.78, 5) is 22.8. The lowest BCUT2D eigenvalue weighted by molar-refractivity contribution is -0.129. The molecule has 1 aromatic rings. The number of thiophene rings is 1. The lowest BCUT2D eigenvalue weighted by Gasteiger charge is -2.39. The third kappa shape index (κ3) is 2.70. The quantitative estimate of drug-likeness (QED) is 0.860. The summed E-state index contributed by atoms with van der Waals surface area (Å²) in [7, 11) is 1.63. The Morgan fingerprint density at radius 2 is 2.22 bits per heavy atom. The van der Waals surface area contributed by atoms with Gasteiger partial charge in [0.05, 0.1) is 17.0 Å². The van der Waals surface area contributed by atoms with Crippen LogP contribution in [0.25, 0.3) is 0 Å². The number of ether oxygens (including phenoxy) is 1. The van der Waals surface area contributed by atoms with Crippen LogP contribution in [0.5, 0.6) is 0 Å². The van der Waals surface area contributed by atoms with Gasteiger partial charge in [0.2, 0.25) is 5.91 Å². The maximum Gasteiger partial charge on any atom is 0.345 e. The molecule has 1 aliphatic carbocycles. The summed E-state index contributed by atoms with van der Waals surface area (Å²) in [5.41, 5.74) is -0.309. The first-order chi connectivity index (χ1) is 8.54. The molecule has 1 aliphatic rings. The lowest BCUT2D eigenvalue weighted by atomic mass is 9.77. The van der Waals surface area contributed by atoms with E-state index in [4.69, 9.17) is 9.84 Å². The van der Waals surface area contributed by atoms with Crippen molar-refractivity contribution in [1.29, 1.82) is 0 Å². The second kappa shape index (κ2) is 5.07. The minimum absolute atomic E-state index is 0.129. The number of carboxylic acids is 1. The summed E-state index contributed by atoms with van der Waals surface area (Å²) in [6.45, 7) is 0. The number of rotatable bonds is 5. The van der Waals surface area contributed by atoms with Crippen molar-refractivity contribution in [3.05, 3.63) is 17.0 Å². The van der Waals surface area contributed by atoms with Crippen LogP contribution in [-0.4, -0.2) is 29.7 Å². The van der Waals surface area contributed by atoms with Crippen LogP contribution >= 0.6 is 11.3 Å². The molecule has 6 heteroatoms. The van der Waals surface area contributed by atoms with Gasteiger partial charge in [-0.25, -0.2) is 4.79 Å². The third-order valence-electron chi connectivity index (χ3n) is 3.26. The number of methoxy groups -OCH3 is 1. The van der Waals surface area contributed by atoms with Crippen LogP contribution in [0.15, 0.2) is 12.1 Å². The van der Waals surface area contributed by atoms with Gasteiger partial charge in [0.15, 0.2) is 0 Å². The Hall–Kier alpha value is -1.40. The molecule has 0 aliphatic heterocycles. The Bertz CT molecular complexity index is 459. The molecule has 1 amide bonds. The third-order valence-corrected chi connectivity index (χ3v) is 4.25. The minimum Gasteiger partial charge on any atom is -0.477 e. The highest BCUT2D eigenvalue weighted by Gasteiger charge is 2.39. The van der Waals surface area contributed by atoms with Crippen molar-refractivity contribution < 1.29 is 19.4 Å². The molecule has 0 saturated heterocycles. The Morgan fingerprint density at radius 3 is 2.67 bits per heavy atom. The molecule has 18 heavy (non-hydrogen) atoms. The number of anilines is 1. The first-order valence-corrected chi connectivity index (χ1v) is 6.54. The van der Waals surface area contributed by atoms with E-state index in [0.29, 0.717) is 11.4 Å². The Balaban J connectivity index is 1.92. The number of hydrogen-bond donors (Lipinski definition) is 2. The zero-order valence-electron chi connectivity index (χ0n) is 10.1. The number of carboxylic acid groups (broad SMARTS) is 1. The van der Waals surface area contributed by atoms with Gasteiger partial charge in [0.25, 0.3) is 0 Å². The zero-order valence-corrected chi connectivity index (χ0v) is 10.9. The highest BCUT2D eigenvalue weighted by atomic mass is 32.1. The van der Waals surface area contributed by atoms with E-state index in [1.807, 2.05) is 0 Å². The predicted octanol–water partition coefficient (Wildman–Crippen LogP) is 2.34. The molecule has 1 heterocycles. The largest absolute Gasteiger partial charge is 0.477 e. The maximum absolute atomic E-state index is 11.8. The second-order valence-corrected chi connectivity index (χ2v) is 5.52. The van der Waals surface area contributed by atoms with Gasteiger partial charge in [-0.3, -0.25) is 4.79 Å². The Kier molecular flexibility index (Phi) is 3.68. The molecule has 0 radical (unpaired) electrons. The van der Waals surface area contributed by atoms with Gasteiger partial charge in [-0.05, 0) is 31.4 Å². The van der Waals surface area contributed by atoms with Gasteiger partial charge in [-0.15, -0.1) is 11.3 Å². The van der Waals surface area contributed by atoms with E-state index in [1.54, 1.807) is 13.2 Å². The summed E-state index contributed by atoms with van der Waals surface area (Å²) in [5.74, 6) is -1.11. The van der Waals surface area contributed by atoms with Crippen molar-refractivity contribution >= 4 is 28.2 Å². The van der Waals surface area contributed by atoms with E-state index in [0.717, 1.165) is 30.6 Å². The molecule has 0 spiro atoms. The van der Waals surface area contributed by atoms with Crippen molar-refractivity contribution in [2.75, 3.05) is 12.4 Å². The van der Waals surface area contributed by atoms with E-state index >= 15 is 0 Å². The van der Waals surface area contributed by atoms with Crippen molar-refractivity contribution in [2.24, 2.45) is 0 Å². The molecule has 2 rings (SSSR count). The number of amides is 1. The number of hydrogen-bond acceptors (Lipinski definition) is 4. The van der Waals surface area contributed by atoms with Gasteiger partial charge in [-0.1, -0.05) is 0 Å². The fourth-order valence-corrected chi connectivity index (χ4v) is 2.78. The first-order valence-electron chi connectivity index (χ1n) is 5.73. The van der Waals surface area contributed by atoms with Crippen LogP contribution in [0.4, 0.5) is 5.00 Å². The molecule has 0 unspecified atom stereocenters. The van der Waals surface area contributed by atoms with Crippen molar-refractivity contribution in [1.82, 2.24) is 0 Å². The molecule has 98 valence electrons. The van der Waals surface area contributed by atoms with E-state index in [2.05, 4.69) is 5.32 Å². The number of carbonyl (C=O) groups is 2. The van der Waals surface area contributed by atoms with Gasteiger partial charge < -0.3 is 15.2 Å². The molecule has 0 atom stereocenters. The van der Waals surface area contributed by atoms with Crippen molar-refractivity contribution in [2.45, 2.75) is 31.3 Å². The predicted molar refractivity (Wildman–Crippen MR) is 68.1 cm³/mol. The Labute approximate surface area is 109 Å². The summed E-state index contributed by atoms with van der Waals surface area (Å²) in [6.07, 6.45) is 3.22. The van der Waals surface area contributed by atoms with E-state index in [1.165, 1.54) is 6.07 Å². The van der Waals surface area contributed by atoms with Gasteiger partial charge >= 0.3 is 5.97 Å². The summed E-state index contributed by atoms with van der Waals surface area (Å²) < 4.78 is 5.37. The number of nitrogens with one attached hydrogen (secondary N) is 1. The van der Waals surface area contributed by atoms with Crippen molar-refractivity contribution in [3.63, 3.8) is 0 Å². The molecule has 2 N–H and O–H groups in total. The summed E-state index contributed by atoms with van der Waals surface area (Å²) in [5, 5.41) is 12.1. The molecule has 1 saturated carbocycles. The normalized spacial score (nSPS) is 16.9. The average molecular weight is 269 g/mol. The SMILES string of the molecule is COC1(CC(=O)Nc2ccc(C(=O)O)s2)CCC1. The molecule has 5 nitrogen and oxygen atoms in total. The zero-order chi connectivity index (χ0) is 13.2. The molecular formula is C12H15NO4S. The smallest absolute Gasteiger partial charge is 0.345 e. The van der Waals surface area contributed by atoms with Gasteiger partial charge in [0, 0.05) is 7.11 Å². The van der Waals surface area contributed by atoms with Gasteiger partial charge in [0.1, 0.15) is 4.88 Å². The molecule has 0 bridgehead atoms. The molecular weight excluding hydrogens is 254 g/mol. The number of carbonyl (C=O) groups excluding carboxylic acids is 1. The van der Waals surface area contributed by atoms with Crippen LogP contribution in [0.2, 0.25) is 0 Å². The van der Waals surface area contributed by atoms with Crippen LogP contribution in [0.1, 0.15) is 35.4 Å². The second-order valence-electron chi connectivity index (χ2n) is 4.43. The van der Waals surface area contributed by atoms with Crippen LogP contribution < -0.4 is 5.32 Å².